The van der Waals surface area contributed by atoms with Crippen LogP contribution in [0.1, 0.15) is 47.0 Å². The van der Waals surface area contributed by atoms with Gasteiger partial charge in [0.15, 0.2) is 0 Å². The summed E-state index contributed by atoms with van der Waals surface area (Å²) in [6.45, 7) is 9.15. The van der Waals surface area contributed by atoms with Crippen molar-refractivity contribution in [2.75, 3.05) is 6.54 Å². The second-order valence-electron chi connectivity index (χ2n) is 5.31. The molecule has 88 valence electrons. The Morgan fingerprint density at radius 3 is 2.47 bits per heavy atom. The topological polar surface area (TPSA) is 29.3 Å². The molecule has 1 aliphatic rings. The van der Waals surface area contributed by atoms with Crippen molar-refractivity contribution in [3.63, 3.8) is 0 Å². The largest absolute Gasteiger partial charge is 0.312 e. The number of allylic oxidation sites excluding steroid dienone is 2. The summed E-state index contributed by atoms with van der Waals surface area (Å²) in [5.41, 5.74) is 1.93. The van der Waals surface area contributed by atoms with Crippen molar-refractivity contribution < 1.29 is 4.39 Å². The molecule has 1 saturated heterocycles. The molecule has 2 N–H and O–H groups in total. The Labute approximate surface area is 92.3 Å². The van der Waals surface area contributed by atoms with Gasteiger partial charge < -0.3 is 5.01 Å². The molecule has 1 rings (SSSR count). The van der Waals surface area contributed by atoms with Gasteiger partial charge in [0.2, 0.25) is 0 Å². The zero-order chi connectivity index (χ0) is 11.6. The summed E-state index contributed by atoms with van der Waals surface area (Å²) in [5.74, 6) is 5.83. The predicted molar refractivity (Wildman–Crippen MR) is 61.8 cm³/mol. The van der Waals surface area contributed by atoms with Crippen LogP contribution in [0.4, 0.5) is 4.39 Å². The molecule has 0 aromatic rings. The molecule has 15 heavy (non-hydrogen) atoms. The minimum atomic E-state index is -0.865. The summed E-state index contributed by atoms with van der Waals surface area (Å²) in [4.78, 5) is 0. The molecule has 0 aromatic heterocycles. The second kappa shape index (κ2) is 4.52. The van der Waals surface area contributed by atoms with Gasteiger partial charge in [0.1, 0.15) is 6.17 Å². The third kappa shape index (κ3) is 2.71. The number of hydrogen-bond acceptors (Lipinski definition) is 2. The molecular formula is C12H23FN2. The molecule has 0 saturated carbocycles. The van der Waals surface area contributed by atoms with Gasteiger partial charge >= 0.3 is 0 Å². The number of nitrogens with two attached hydrogens (primary N) is 1. The van der Waals surface area contributed by atoms with Gasteiger partial charge in [-0.1, -0.05) is 34.1 Å². The molecule has 0 aliphatic carbocycles. The highest BCUT2D eigenvalue weighted by Crippen LogP contribution is 2.37. The molecule has 2 nitrogen and oxygen atoms in total. The van der Waals surface area contributed by atoms with Gasteiger partial charge in [-0.2, -0.15) is 0 Å². The Hall–Kier alpha value is -0.570. The lowest BCUT2D eigenvalue weighted by molar-refractivity contribution is 0.338. The number of hydrogen-bond donors (Lipinski definition) is 1. The van der Waals surface area contributed by atoms with Crippen LogP contribution < -0.4 is 5.84 Å². The van der Waals surface area contributed by atoms with E-state index < -0.39 is 6.17 Å². The maximum Gasteiger partial charge on any atom is 0.143 e. The number of rotatable bonds is 2. The lowest BCUT2D eigenvalue weighted by Gasteiger charge is -2.28. The van der Waals surface area contributed by atoms with Gasteiger partial charge in [0, 0.05) is 13.0 Å². The van der Waals surface area contributed by atoms with Gasteiger partial charge in [-0.3, -0.25) is 0 Å². The molecule has 1 heterocycles. The zero-order valence-corrected chi connectivity index (χ0v) is 10.3. The number of halogens is 1. The summed E-state index contributed by atoms with van der Waals surface area (Å²) < 4.78 is 13.8. The average Bonchev–Trinajstić information content (AvgIpc) is 2.41. The molecular weight excluding hydrogens is 191 g/mol. The van der Waals surface area contributed by atoms with Gasteiger partial charge in [0.25, 0.3) is 0 Å². The van der Waals surface area contributed by atoms with Gasteiger partial charge in [-0.15, -0.1) is 0 Å². The van der Waals surface area contributed by atoms with E-state index in [1.54, 1.807) is 5.01 Å². The van der Waals surface area contributed by atoms with Crippen LogP contribution in [0.2, 0.25) is 0 Å². The van der Waals surface area contributed by atoms with Crippen molar-refractivity contribution in [2.24, 2.45) is 11.3 Å². The predicted octanol–water partition coefficient (Wildman–Crippen LogP) is 3.00. The lowest BCUT2D eigenvalue weighted by atomic mass is 9.82. The summed E-state index contributed by atoms with van der Waals surface area (Å²) in [5, 5.41) is 1.60. The standard InChI is InChI=1S/C12H23FN2/c1-5-6-9(12(2,3)4)11-10(13)7-8-15(11)14/h10H,5-8,14H2,1-4H3/b11-9+. The third-order valence-electron chi connectivity index (χ3n) is 2.94. The summed E-state index contributed by atoms with van der Waals surface area (Å²) >= 11 is 0. The normalized spacial score (nSPS) is 26.0. The highest BCUT2D eigenvalue weighted by molar-refractivity contribution is 5.24. The van der Waals surface area contributed by atoms with E-state index in [-0.39, 0.29) is 5.41 Å². The Balaban J connectivity index is 3.08. The molecule has 0 bridgehead atoms. The van der Waals surface area contributed by atoms with Crippen LogP contribution in [0.5, 0.6) is 0 Å². The first-order valence-corrected chi connectivity index (χ1v) is 5.77. The van der Waals surface area contributed by atoms with Crippen LogP contribution >= 0.6 is 0 Å². The quantitative estimate of drug-likeness (QED) is 0.716. The molecule has 0 amide bonds. The van der Waals surface area contributed by atoms with E-state index in [0.29, 0.717) is 13.0 Å². The molecule has 1 fully saturated rings. The fraction of sp³-hybridized carbons (Fsp3) is 0.833. The molecule has 1 unspecified atom stereocenters. The number of nitrogens with zero attached hydrogens (tertiary/aromatic N) is 1. The first-order chi connectivity index (χ1) is 6.88. The Morgan fingerprint density at radius 2 is 2.13 bits per heavy atom. The third-order valence-corrected chi connectivity index (χ3v) is 2.94. The van der Waals surface area contributed by atoms with Crippen LogP contribution in [0, 0.1) is 5.41 Å². The van der Waals surface area contributed by atoms with Crippen molar-refractivity contribution >= 4 is 0 Å². The van der Waals surface area contributed by atoms with E-state index in [1.807, 2.05) is 0 Å². The average molecular weight is 214 g/mol. The van der Waals surface area contributed by atoms with Crippen LogP contribution in [0.15, 0.2) is 11.3 Å². The highest BCUT2D eigenvalue weighted by Gasteiger charge is 2.32. The lowest BCUT2D eigenvalue weighted by Crippen LogP contribution is -2.30. The molecule has 0 spiro atoms. The van der Waals surface area contributed by atoms with Crippen molar-refractivity contribution in [1.82, 2.24) is 5.01 Å². The fourth-order valence-electron chi connectivity index (χ4n) is 2.19. The fourth-order valence-corrected chi connectivity index (χ4v) is 2.19. The van der Waals surface area contributed by atoms with Crippen molar-refractivity contribution in [3.8, 4) is 0 Å². The maximum atomic E-state index is 13.8. The Kier molecular flexibility index (Phi) is 3.77. The monoisotopic (exact) mass is 214 g/mol. The van der Waals surface area contributed by atoms with E-state index in [1.165, 1.54) is 5.57 Å². The van der Waals surface area contributed by atoms with Gasteiger partial charge in [-0.05, 0) is 17.4 Å². The van der Waals surface area contributed by atoms with E-state index in [4.69, 9.17) is 5.84 Å². The number of hydrazine groups is 1. The molecule has 0 aromatic carbocycles. The van der Waals surface area contributed by atoms with E-state index in [9.17, 15) is 4.39 Å². The highest BCUT2D eigenvalue weighted by atomic mass is 19.1. The first-order valence-electron chi connectivity index (χ1n) is 5.77. The summed E-state index contributed by atoms with van der Waals surface area (Å²) in [6.07, 6.45) is 1.65. The van der Waals surface area contributed by atoms with Crippen LogP contribution in [-0.2, 0) is 0 Å². The SMILES string of the molecule is CCC/C(=C1/C(F)CCN1N)C(C)(C)C. The number of alkyl halides is 1. The summed E-state index contributed by atoms with van der Waals surface area (Å²) in [6, 6.07) is 0. The molecule has 1 aliphatic heterocycles. The zero-order valence-electron chi connectivity index (χ0n) is 10.3. The van der Waals surface area contributed by atoms with Crippen molar-refractivity contribution in [2.45, 2.75) is 53.1 Å². The second-order valence-corrected chi connectivity index (χ2v) is 5.31. The molecule has 1 atom stereocenters. The van der Waals surface area contributed by atoms with Gasteiger partial charge in [0.05, 0.1) is 5.70 Å². The first kappa shape index (κ1) is 12.5. The van der Waals surface area contributed by atoms with E-state index in [0.717, 1.165) is 18.5 Å². The van der Waals surface area contributed by atoms with Crippen molar-refractivity contribution in [3.05, 3.63) is 11.3 Å². The minimum Gasteiger partial charge on any atom is -0.312 e. The Bertz CT molecular complexity index is 241. The molecule has 3 heteroatoms. The maximum absolute atomic E-state index is 13.8. The minimum absolute atomic E-state index is 0.0116. The summed E-state index contributed by atoms with van der Waals surface area (Å²) in [7, 11) is 0. The van der Waals surface area contributed by atoms with Gasteiger partial charge in [-0.25, -0.2) is 10.2 Å². The van der Waals surface area contributed by atoms with Crippen LogP contribution in [0.25, 0.3) is 0 Å². The van der Waals surface area contributed by atoms with Crippen LogP contribution in [0.3, 0.4) is 0 Å². The van der Waals surface area contributed by atoms with E-state index >= 15 is 0 Å². The Morgan fingerprint density at radius 1 is 1.53 bits per heavy atom. The van der Waals surface area contributed by atoms with Crippen molar-refractivity contribution in [1.29, 1.82) is 0 Å². The smallest absolute Gasteiger partial charge is 0.143 e. The van der Waals surface area contributed by atoms with Crippen LogP contribution in [-0.4, -0.2) is 17.7 Å². The van der Waals surface area contributed by atoms with E-state index in [2.05, 4.69) is 27.7 Å². The molecule has 0 radical (unpaired) electrons.